The smallest absolute Gasteiger partial charge is 0.362 e. The predicted molar refractivity (Wildman–Crippen MR) is 220 cm³/mol. The molecule has 0 bridgehead atoms. The largest absolute Gasteiger partial charge is 0.477 e. The standard InChI is InChI=1S/C45H75NO7/c1-6-8-10-12-14-16-18-20-21-22-24-26-28-30-32-34-36-44(48)53-41(39-51-38-37-42(45(49)50)46(3,4)5)40-52-43(47)35-33-31-29-27-25-23-19-17-15-13-11-9-7-2/h8,10,14,16,20-21,23-26,29,31,41-42H,6-7,9,11-13,15,17-19,22,27-28,30,32-40H2,1-5H3/p+1/b10-8+,16-14+,21-20+,25-23+,26-24+,31-29+. The van der Waals surface area contributed by atoms with Gasteiger partial charge in [-0.2, -0.15) is 0 Å². The molecule has 0 fully saturated rings. The van der Waals surface area contributed by atoms with Crippen molar-refractivity contribution in [1.29, 1.82) is 0 Å². The number of hydrogen-bond donors (Lipinski definition) is 1. The van der Waals surface area contributed by atoms with E-state index in [4.69, 9.17) is 14.2 Å². The molecule has 0 amide bonds. The zero-order chi connectivity index (χ0) is 39.3. The number of unbranched alkanes of at least 4 members (excludes halogenated alkanes) is 9. The van der Waals surface area contributed by atoms with E-state index in [-0.39, 0.29) is 49.1 Å². The highest BCUT2D eigenvalue weighted by Gasteiger charge is 2.31. The normalized spacial score (nSPS) is 13.8. The Kier molecular flexibility index (Phi) is 33.6. The van der Waals surface area contributed by atoms with Gasteiger partial charge in [0.05, 0.1) is 34.4 Å². The van der Waals surface area contributed by atoms with Gasteiger partial charge < -0.3 is 23.8 Å². The Hall–Kier alpha value is -3.23. The monoisotopic (exact) mass is 743 g/mol. The lowest BCUT2D eigenvalue weighted by Crippen LogP contribution is -2.50. The lowest BCUT2D eigenvalue weighted by molar-refractivity contribution is -0.887. The Labute approximate surface area is 323 Å². The van der Waals surface area contributed by atoms with Crippen LogP contribution in [0.5, 0.6) is 0 Å². The first-order valence-corrected chi connectivity index (χ1v) is 20.5. The topological polar surface area (TPSA) is 99.1 Å². The van der Waals surface area contributed by atoms with Crippen LogP contribution in [0.1, 0.15) is 142 Å². The van der Waals surface area contributed by atoms with Gasteiger partial charge in [-0.15, -0.1) is 0 Å². The molecule has 2 atom stereocenters. The third kappa shape index (κ3) is 34.3. The molecule has 0 aliphatic carbocycles. The Morgan fingerprint density at radius 2 is 1.09 bits per heavy atom. The summed E-state index contributed by atoms with van der Waals surface area (Å²) in [7, 11) is 5.48. The fourth-order valence-corrected chi connectivity index (χ4v) is 5.43. The van der Waals surface area contributed by atoms with Crippen molar-refractivity contribution in [1.82, 2.24) is 0 Å². The third-order valence-electron chi connectivity index (χ3n) is 8.60. The van der Waals surface area contributed by atoms with Crippen molar-refractivity contribution in [2.24, 2.45) is 0 Å². The number of nitrogens with zero attached hydrogens (tertiary/aromatic N) is 1. The van der Waals surface area contributed by atoms with Gasteiger partial charge in [-0.05, 0) is 70.6 Å². The predicted octanol–water partition coefficient (Wildman–Crippen LogP) is 10.8. The second kappa shape index (κ2) is 35.8. The van der Waals surface area contributed by atoms with E-state index in [0.717, 1.165) is 57.8 Å². The van der Waals surface area contributed by atoms with Gasteiger partial charge in [0, 0.05) is 19.3 Å². The van der Waals surface area contributed by atoms with Crippen LogP contribution < -0.4 is 0 Å². The molecule has 53 heavy (non-hydrogen) atoms. The number of allylic oxidation sites excluding steroid dienone is 12. The number of carbonyl (C=O) groups is 3. The molecule has 0 aromatic heterocycles. The molecule has 8 nitrogen and oxygen atoms in total. The van der Waals surface area contributed by atoms with E-state index >= 15 is 0 Å². The second-order valence-electron chi connectivity index (χ2n) is 14.5. The van der Waals surface area contributed by atoms with Gasteiger partial charge in [-0.1, -0.05) is 125 Å². The highest BCUT2D eigenvalue weighted by Crippen LogP contribution is 2.11. The van der Waals surface area contributed by atoms with Crippen LogP contribution in [-0.2, 0) is 28.6 Å². The van der Waals surface area contributed by atoms with Crippen LogP contribution in [-0.4, -0.2) is 80.6 Å². The number of carboxylic acid groups (broad SMARTS) is 1. The van der Waals surface area contributed by atoms with Gasteiger partial charge in [0.2, 0.25) is 0 Å². The maximum absolute atomic E-state index is 12.7. The van der Waals surface area contributed by atoms with Gasteiger partial charge in [-0.25, -0.2) is 4.79 Å². The molecule has 0 spiro atoms. The first-order valence-electron chi connectivity index (χ1n) is 20.5. The van der Waals surface area contributed by atoms with Crippen molar-refractivity contribution in [3.05, 3.63) is 72.9 Å². The SMILES string of the molecule is CC/C=C/C/C=C/C/C=C/C/C=C/CCCCCC(=O)OC(COCCC(C(=O)O)[N+](C)(C)C)COC(=O)CC/C=C/C/C=C/CCCCCCCC. The summed E-state index contributed by atoms with van der Waals surface area (Å²) in [5, 5.41) is 9.60. The fourth-order valence-electron chi connectivity index (χ4n) is 5.43. The van der Waals surface area contributed by atoms with Gasteiger partial charge in [-0.3, -0.25) is 9.59 Å². The minimum atomic E-state index is -0.891. The zero-order valence-electron chi connectivity index (χ0n) is 34.2. The lowest BCUT2D eigenvalue weighted by Gasteiger charge is -2.31. The van der Waals surface area contributed by atoms with E-state index in [9.17, 15) is 19.5 Å². The molecule has 0 aromatic carbocycles. The maximum Gasteiger partial charge on any atom is 0.362 e. The molecule has 0 aromatic rings. The van der Waals surface area contributed by atoms with Crippen LogP contribution in [0.4, 0.5) is 0 Å². The van der Waals surface area contributed by atoms with Crippen molar-refractivity contribution in [3.63, 3.8) is 0 Å². The summed E-state index contributed by atoms with van der Waals surface area (Å²) >= 11 is 0. The summed E-state index contributed by atoms with van der Waals surface area (Å²) < 4.78 is 17.1. The number of aliphatic carboxylic acids is 1. The summed E-state index contributed by atoms with van der Waals surface area (Å²) in [5.74, 6) is -1.60. The van der Waals surface area contributed by atoms with Gasteiger partial charge in [0.15, 0.2) is 12.1 Å². The number of ether oxygens (including phenoxy) is 3. The molecule has 0 aliphatic rings. The van der Waals surface area contributed by atoms with E-state index in [1.165, 1.54) is 38.5 Å². The molecular weight excluding hydrogens is 666 g/mol. The number of likely N-dealkylation sites (N-methyl/N-ethyl adjacent to an activating group) is 1. The minimum absolute atomic E-state index is 0.0271. The van der Waals surface area contributed by atoms with Gasteiger partial charge in [0.1, 0.15) is 6.61 Å². The number of esters is 2. The Morgan fingerprint density at radius 3 is 1.64 bits per heavy atom. The van der Waals surface area contributed by atoms with Crippen LogP contribution in [0.15, 0.2) is 72.9 Å². The second-order valence-corrected chi connectivity index (χ2v) is 14.5. The van der Waals surface area contributed by atoms with Crippen LogP contribution in [0.25, 0.3) is 0 Å². The number of quaternary nitrogens is 1. The first kappa shape index (κ1) is 49.8. The Morgan fingerprint density at radius 1 is 0.585 bits per heavy atom. The van der Waals surface area contributed by atoms with Crippen molar-refractivity contribution >= 4 is 17.9 Å². The molecule has 8 heteroatoms. The molecule has 0 radical (unpaired) electrons. The molecule has 0 saturated carbocycles. The molecule has 0 saturated heterocycles. The zero-order valence-corrected chi connectivity index (χ0v) is 34.2. The van der Waals surface area contributed by atoms with E-state index in [2.05, 4.69) is 80.7 Å². The Balaban J connectivity index is 4.54. The summed E-state index contributed by atoms with van der Waals surface area (Å²) in [6, 6.07) is -0.630. The summed E-state index contributed by atoms with van der Waals surface area (Å²) in [6.07, 6.45) is 43.9. The number of rotatable bonds is 35. The van der Waals surface area contributed by atoms with Crippen molar-refractivity contribution in [2.75, 3.05) is 41.0 Å². The molecular formula is C45H76NO7+. The molecule has 0 rings (SSSR count). The molecule has 0 aliphatic heterocycles. The summed E-state index contributed by atoms with van der Waals surface area (Å²) in [4.78, 5) is 36.8. The third-order valence-corrected chi connectivity index (χ3v) is 8.60. The van der Waals surface area contributed by atoms with Crippen LogP contribution in [0.2, 0.25) is 0 Å². The van der Waals surface area contributed by atoms with Crippen molar-refractivity contribution in [2.45, 2.75) is 154 Å². The summed E-state index contributed by atoms with van der Waals surface area (Å²) in [5.41, 5.74) is 0. The van der Waals surface area contributed by atoms with E-state index in [1.807, 2.05) is 27.2 Å². The van der Waals surface area contributed by atoms with E-state index < -0.39 is 18.1 Å². The molecule has 1 N–H and O–H groups in total. The highest BCUT2D eigenvalue weighted by atomic mass is 16.6. The minimum Gasteiger partial charge on any atom is -0.477 e. The maximum atomic E-state index is 12.7. The van der Waals surface area contributed by atoms with Crippen LogP contribution >= 0.6 is 0 Å². The number of hydrogen-bond acceptors (Lipinski definition) is 6. The lowest BCUT2D eigenvalue weighted by atomic mass is 10.1. The number of carboxylic acids is 1. The highest BCUT2D eigenvalue weighted by molar-refractivity contribution is 5.72. The quantitative estimate of drug-likeness (QED) is 0.0299. The van der Waals surface area contributed by atoms with Crippen molar-refractivity contribution in [3.8, 4) is 0 Å². The average molecular weight is 743 g/mol. The number of carbonyl (C=O) groups excluding carboxylic acids is 2. The van der Waals surface area contributed by atoms with E-state index in [0.29, 0.717) is 19.3 Å². The molecule has 302 valence electrons. The fraction of sp³-hybridized carbons (Fsp3) is 0.667. The summed E-state index contributed by atoms with van der Waals surface area (Å²) in [6.45, 7) is 4.49. The van der Waals surface area contributed by atoms with Crippen LogP contribution in [0.3, 0.4) is 0 Å². The average Bonchev–Trinajstić information content (AvgIpc) is 3.11. The Bertz CT molecular complexity index is 1100. The van der Waals surface area contributed by atoms with E-state index in [1.54, 1.807) is 0 Å². The van der Waals surface area contributed by atoms with Crippen molar-refractivity contribution < 1.29 is 38.2 Å². The molecule has 2 unspecified atom stereocenters. The molecule has 0 heterocycles. The first-order chi connectivity index (χ1) is 25.6. The van der Waals surface area contributed by atoms with Gasteiger partial charge in [0.25, 0.3) is 0 Å². The van der Waals surface area contributed by atoms with Gasteiger partial charge >= 0.3 is 17.9 Å². The van der Waals surface area contributed by atoms with Crippen LogP contribution in [0, 0.1) is 0 Å².